The molecule has 480 valence electrons. The molecule has 6 aromatic carbocycles. The summed E-state index contributed by atoms with van der Waals surface area (Å²) >= 11 is 0. The third kappa shape index (κ3) is 26.4. The van der Waals surface area contributed by atoms with Crippen LogP contribution in [0, 0.1) is 12.2 Å². The Morgan fingerprint density at radius 2 is 0.884 bits per heavy atom. The van der Waals surface area contributed by atoms with Crippen LogP contribution in [0.25, 0.3) is 12.2 Å². The predicted molar refractivity (Wildman–Crippen MR) is 316 cm³/mol. The number of anilines is 3. The number of azo groups is 2. The van der Waals surface area contributed by atoms with Crippen molar-refractivity contribution in [3.05, 3.63) is 131 Å². The molecule has 8 rings (SSSR count). The van der Waals surface area contributed by atoms with Crippen LogP contribution < -0.4 is 163 Å². The van der Waals surface area contributed by atoms with E-state index in [0.717, 1.165) is 18.2 Å². The van der Waals surface area contributed by atoms with Crippen LogP contribution in [0.3, 0.4) is 0 Å². The number of ketones is 2. The van der Waals surface area contributed by atoms with Gasteiger partial charge in [-0.3, -0.25) is 15.6 Å². The van der Waals surface area contributed by atoms with E-state index in [2.05, 4.69) is 59.0 Å². The van der Waals surface area contributed by atoms with E-state index in [1.807, 2.05) is 0 Å². The summed E-state index contributed by atoms with van der Waals surface area (Å²) in [6, 6.07) is 23.3. The molecule has 0 spiro atoms. The van der Waals surface area contributed by atoms with Gasteiger partial charge in [-0.15, -0.1) is 46.6 Å². The van der Waals surface area contributed by atoms with E-state index in [0.29, 0.717) is 63.2 Å². The average Bonchev–Trinajstić information content (AvgIpc) is 0.796. The molecule has 6 aromatic rings. The number of hydrogen-bond donors (Lipinski definition) is 6. The van der Waals surface area contributed by atoms with Crippen molar-refractivity contribution >= 4 is 122 Å². The zero-order valence-corrected chi connectivity index (χ0v) is 62.7. The molecule has 0 heterocycles. The van der Waals surface area contributed by atoms with E-state index in [1.54, 1.807) is 54.6 Å². The van der Waals surface area contributed by atoms with Crippen molar-refractivity contribution in [3.63, 3.8) is 0 Å². The number of nitrogens with one attached hydrogen (secondary N) is 3. The molecule has 0 saturated heterocycles. The van der Waals surface area contributed by atoms with Gasteiger partial charge in [0, 0.05) is 58.1 Å². The number of methoxy groups -OCH3 is 4. The van der Waals surface area contributed by atoms with Crippen molar-refractivity contribution in [2.75, 3.05) is 71.0 Å². The summed E-state index contributed by atoms with van der Waals surface area (Å²) in [7, 11) is -10.2. The first-order valence-corrected chi connectivity index (χ1v) is 29.7. The summed E-state index contributed by atoms with van der Waals surface area (Å²) in [5.74, 6) is -0.374. The quantitative estimate of drug-likeness (QED) is 0.0128. The summed E-state index contributed by atoms with van der Waals surface area (Å²) in [6.07, 6.45) is 7.79. The second-order valence-electron chi connectivity index (χ2n) is 17.2. The molecule has 0 bridgehead atoms. The molecule has 0 unspecified atom stereocenters. The van der Waals surface area contributed by atoms with Crippen LogP contribution >= 0.6 is 0 Å². The zero-order chi connectivity index (χ0) is 67.2. The molecular formula is C54H47N9Na4O24S4. The van der Waals surface area contributed by atoms with Gasteiger partial charge in [0.05, 0.1) is 53.0 Å². The number of aromatic hydroxyl groups is 1. The maximum Gasteiger partial charge on any atom is 1.00 e. The molecule has 2 aliphatic rings. The summed E-state index contributed by atoms with van der Waals surface area (Å²) < 4.78 is 152. The Morgan fingerprint density at radius 3 is 1.23 bits per heavy atom. The topological polar surface area (TPSA) is 494 Å². The van der Waals surface area contributed by atoms with Crippen molar-refractivity contribution in [2.45, 2.75) is 16.7 Å². The van der Waals surface area contributed by atoms with Gasteiger partial charge in [-0.2, -0.15) is 44.7 Å². The number of Topliss-reactive ketones (excluding diaryl/α,β-unsaturated/α-hetero) is 2. The number of hydrogen-bond acceptors (Lipinski definition) is 32. The first-order valence-electron chi connectivity index (χ1n) is 24.9. The molecule has 6 N–H and O–H groups in total. The maximum absolute atomic E-state index is 13.3. The fourth-order valence-corrected chi connectivity index (χ4v) is 8.55. The second-order valence-corrected chi connectivity index (χ2v) is 20.8. The van der Waals surface area contributed by atoms with Crippen LogP contribution in [0.1, 0.15) is 38.8 Å². The summed E-state index contributed by atoms with van der Waals surface area (Å²) in [4.78, 5) is 36.6. The first-order chi connectivity index (χ1) is 43.1. The number of aliphatic hydroxyl groups excluding tert-OH is 2. The van der Waals surface area contributed by atoms with Gasteiger partial charge in [0.25, 0.3) is 0 Å². The summed E-state index contributed by atoms with van der Waals surface area (Å²) in [5, 5.41) is 55.3. The molecule has 95 heavy (non-hydrogen) atoms. The molecule has 41 heteroatoms. The largest absolute Gasteiger partial charge is 1.00 e. The van der Waals surface area contributed by atoms with Crippen LogP contribution in [-0.2, 0) is 46.2 Å². The van der Waals surface area contributed by atoms with Crippen LogP contribution in [0.15, 0.2) is 138 Å². The number of amides is 1. The second kappa shape index (κ2) is 41.4. The van der Waals surface area contributed by atoms with E-state index in [9.17, 15) is 45.4 Å². The van der Waals surface area contributed by atoms with E-state index in [4.69, 9.17) is 63.9 Å². The van der Waals surface area contributed by atoms with E-state index in [1.165, 1.54) is 65.7 Å². The van der Waals surface area contributed by atoms with Gasteiger partial charge in [0.1, 0.15) is 108 Å². The van der Waals surface area contributed by atoms with E-state index in [-0.39, 0.29) is 196 Å². The third-order valence-electron chi connectivity index (χ3n) is 11.3. The van der Waals surface area contributed by atoms with Crippen LogP contribution in [0.4, 0.5) is 39.8 Å². The van der Waals surface area contributed by atoms with Gasteiger partial charge in [-0.05, 0) is 66.2 Å². The molecule has 0 atom stereocenters. The molecule has 1 amide bonds. The number of carbonyl (C=O) groups excluding carboxylic acids is 3. The maximum atomic E-state index is 13.3. The smallest absolute Gasteiger partial charge is 0.744 e. The van der Waals surface area contributed by atoms with Crippen molar-refractivity contribution in [3.8, 4) is 40.2 Å². The van der Waals surface area contributed by atoms with Gasteiger partial charge in [0.2, 0.25) is 5.91 Å². The number of allylic oxidation sites excluding steroid dienone is 2. The van der Waals surface area contributed by atoms with Crippen molar-refractivity contribution in [1.82, 2.24) is 0 Å². The molecule has 0 radical (unpaired) electrons. The molecule has 33 nitrogen and oxygen atoms in total. The number of phenolic OH excluding ortho intramolecular Hbond substituents is 1. The summed E-state index contributed by atoms with van der Waals surface area (Å²) in [6.45, 7) is 1.33. The van der Waals surface area contributed by atoms with Crippen LogP contribution in [0.2, 0.25) is 0 Å². The SMILES string of the molecule is COc1cc(N/N=C2/[C-]=Cc3cc(S(=O)(=O)[O-])cc(NC(C)=O)c3C2=O)c(OC)cc1N=Nc1ccc(OCCO)cc1.COc1cc(N/N=C2/[C-]=Cc3cc(S(=O)(=O)[O-])cc(O)c3C2=O)c(OC)cc1N=Nc1ccc(OCCO)cc1.O=S(=O)=O.O=S(=O)=O.[Na+].[Na+].[Na+].[Na+]. The van der Waals surface area contributed by atoms with Gasteiger partial charge < -0.3 is 67.8 Å². The minimum absolute atomic E-state index is 0. The van der Waals surface area contributed by atoms with Gasteiger partial charge in [-0.1, -0.05) is 17.7 Å². The van der Waals surface area contributed by atoms with Crippen molar-refractivity contribution in [1.29, 1.82) is 0 Å². The number of fused-ring (bicyclic) bond motifs is 2. The number of phenols is 1. The van der Waals surface area contributed by atoms with Gasteiger partial charge in [-0.25, -0.2) is 16.8 Å². The van der Waals surface area contributed by atoms with E-state index >= 15 is 0 Å². The monoisotopic (exact) mass is 1430 g/mol. The molecular weight excluding hydrogens is 1380 g/mol. The fourth-order valence-electron chi connectivity index (χ4n) is 7.49. The number of hydrazone groups is 2. The van der Waals surface area contributed by atoms with Crippen molar-refractivity contribution in [2.24, 2.45) is 30.7 Å². The number of aliphatic hydroxyl groups is 2. The average molecular weight is 1430 g/mol. The Hall–Kier alpha value is -6.67. The van der Waals surface area contributed by atoms with Crippen molar-refractivity contribution < 1.29 is 228 Å². The Labute approximate surface area is 633 Å². The Kier molecular flexibility index (Phi) is 37.7. The minimum atomic E-state index is -4.87. The number of carbonyl (C=O) groups is 3. The van der Waals surface area contributed by atoms with Gasteiger partial charge in [0.15, 0.2) is 0 Å². The molecule has 0 saturated carbocycles. The fraction of sp³-hybridized carbons (Fsp3) is 0.167. The normalized spacial score (nSPS) is 12.5. The number of benzene rings is 6. The number of rotatable bonds is 21. The molecule has 0 aliphatic heterocycles. The Morgan fingerprint density at radius 1 is 0.526 bits per heavy atom. The Balaban J connectivity index is 0.000000823. The molecule has 0 aromatic heterocycles. The minimum Gasteiger partial charge on any atom is -0.744 e. The summed E-state index contributed by atoms with van der Waals surface area (Å²) in [5.41, 5.74) is 6.98. The molecule has 0 fully saturated rings. The standard InChI is InChI=1S/C28H26N5O9S.C26H23N4O9S.4Na.2O3S/c1-16(35)29-24-13-20(43(37,38)39)12-17-4-9-21(28(36)27(17)24)31-33-23-15-25(40-2)22(14-26(23)41-3)32-30-18-5-7-19(8-6-18)42-11-10-34;1-37-23-14-21(24(38-2)13-20(23)29-27-16-4-6-17(7-5-16)39-10-9-31)30-28-19-8-3-15-11-18(40(34,35)36)12-22(32)25(15)26(19)33;;;;;2*1-4(2)3/h4-8,12-15,33-34H,10-11H2,1-3H3,(H,29,35)(H,37,38,39);3-7,11-14,30-32H,9-10H2,1-2H3,(H,34,35,36);;;;;;/q2*-1;4*+1;;/p-2/b31-21-,32-30?;28-19-,29-27?;;;;;;. The first kappa shape index (κ1) is 86.3. The van der Waals surface area contributed by atoms with Crippen LogP contribution in [0.5, 0.6) is 40.2 Å². The zero-order valence-electron chi connectivity index (χ0n) is 51.5. The van der Waals surface area contributed by atoms with Gasteiger partial charge >= 0.3 is 139 Å². The van der Waals surface area contributed by atoms with Crippen LogP contribution in [-0.4, -0.2) is 150 Å². The number of ether oxygens (including phenoxy) is 6. The van der Waals surface area contributed by atoms with E-state index < -0.39 is 74.5 Å². The third-order valence-corrected chi connectivity index (χ3v) is 12.9. The molecule has 2 aliphatic carbocycles. The Bertz CT molecular complexity index is 4380. The predicted octanol–water partition coefficient (Wildman–Crippen LogP) is -6.58. The number of nitrogens with zero attached hydrogens (tertiary/aromatic N) is 6.